The Morgan fingerprint density at radius 3 is 2.35 bits per heavy atom. The summed E-state index contributed by atoms with van der Waals surface area (Å²) in [5.41, 5.74) is 1.99. The molecule has 6 nitrogen and oxygen atoms in total. The standard InChI is InChI=1S/C24H28Cl3N3O3S/c25-18-4-7-20(8-5-18)30-15-16(1-10-23(30)21-9-6-19(26)13-22(21)27)14-29-34(32,33)12-11-28-24(31)17-2-3-17/h4-9,13,16-17,23,29H,1-3,10-12,14-15H2,(H,28,31)/t16-,23-/m1/s1. The number of carbonyl (C=O) groups is 1. The Hall–Kier alpha value is -1.51. The second kappa shape index (κ2) is 11.0. The number of hydrogen-bond donors (Lipinski definition) is 2. The number of hydrogen-bond acceptors (Lipinski definition) is 4. The molecule has 1 saturated heterocycles. The number of anilines is 1. The maximum Gasteiger partial charge on any atom is 0.223 e. The summed E-state index contributed by atoms with van der Waals surface area (Å²) in [5.74, 6) is 0.0166. The van der Waals surface area contributed by atoms with E-state index in [-0.39, 0.29) is 36.1 Å². The third-order valence-electron chi connectivity index (χ3n) is 6.37. The van der Waals surface area contributed by atoms with E-state index in [9.17, 15) is 13.2 Å². The first kappa shape index (κ1) is 25.6. The van der Waals surface area contributed by atoms with Crippen LogP contribution in [0.4, 0.5) is 5.69 Å². The van der Waals surface area contributed by atoms with Crippen molar-refractivity contribution in [1.29, 1.82) is 0 Å². The van der Waals surface area contributed by atoms with Gasteiger partial charge in [0.1, 0.15) is 0 Å². The maximum absolute atomic E-state index is 12.5. The van der Waals surface area contributed by atoms with Gasteiger partial charge in [-0.25, -0.2) is 13.1 Å². The van der Waals surface area contributed by atoms with Crippen molar-refractivity contribution >= 4 is 56.4 Å². The average molecular weight is 545 g/mol. The van der Waals surface area contributed by atoms with Crippen LogP contribution in [0.5, 0.6) is 0 Å². The van der Waals surface area contributed by atoms with Gasteiger partial charge in [-0.3, -0.25) is 4.79 Å². The van der Waals surface area contributed by atoms with Gasteiger partial charge in [0.05, 0.1) is 11.8 Å². The minimum Gasteiger partial charge on any atom is -0.364 e. The van der Waals surface area contributed by atoms with E-state index in [2.05, 4.69) is 14.9 Å². The number of carbonyl (C=O) groups excluding carboxylic acids is 1. The van der Waals surface area contributed by atoms with Crippen LogP contribution in [-0.4, -0.2) is 39.7 Å². The van der Waals surface area contributed by atoms with Crippen LogP contribution < -0.4 is 14.9 Å². The van der Waals surface area contributed by atoms with Crippen molar-refractivity contribution in [3.8, 4) is 0 Å². The highest BCUT2D eigenvalue weighted by Gasteiger charge is 2.32. The minimum atomic E-state index is -3.48. The fourth-order valence-electron chi connectivity index (χ4n) is 4.34. The van der Waals surface area contributed by atoms with Crippen LogP contribution in [0, 0.1) is 11.8 Å². The van der Waals surface area contributed by atoms with Gasteiger partial charge < -0.3 is 10.2 Å². The lowest BCUT2D eigenvalue weighted by Crippen LogP contribution is -2.44. The van der Waals surface area contributed by atoms with E-state index in [4.69, 9.17) is 34.8 Å². The molecule has 1 heterocycles. The Balaban J connectivity index is 1.41. The molecular formula is C24H28Cl3N3O3S. The molecule has 0 radical (unpaired) electrons. The van der Waals surface area contributed by atoms with E-state index in [1.807, 2.05) is 36.4 Å². The van der Waals surface area contributed by atoms with Crippen LogP contribution in [0.1, 0.15) is 37.3 Å². The molecule has 1 saturated carbocycles. The smallest absolute Gasteiger partial charge is 0.223 e. The highest BCUT2D eigenvalue weighted by molar-refractivity contribution is 7.89. The quantitative estimate of drug-likeness (QED) is 0.463. The van der Waals surface area contributed by atoms with Gasteiger partial charge in [-0.15, -0.1) is 0 Å². The van der Waals surface area contributed by atoms with Gasteiger partial charge >= 0.3 is 0 Å². The Labute approximate surface area is 216 Å². The van der Waals surface area contributed by atoms with Crippen molar-refractivity contribution in [2.45, 2.75) is 31.7 Å². The van der Waals surface area contributed by atoms with Crippen LogP contribution in [0.25, 0.3) is 0 Å². The van der Waals surface area contributed by atoms with Crippen LogP contribution in [0.2, 0.25) is 15.1 Å². The number of benzene rings is 2. The summed E-state index contributed by atoms with van der Waals surface area (Å²) in [5, 5.41) is 4.56. The highest BCUT2D eigenvalue weighted by atomic mass is 35.5. The molecular weight excluding hydrogens is 517 g/mol. The summed E-state index contributed by atoms with van der Waals surface area (Å²) in [7, 11) is -3.48. The van der Waals surface area contributed by atoms with Crippen molar-refractivity contribution in [2.75, 3.05) is 30.3 Å². The van der Waals surface area contributed by atoms with E-state index < -0.39 is 10.0 Å². The summed E-state index contributed by atoms with van der Waals surface area (Å²) in [6, 6.07) is 13.2. The molecule has 0 aromatic heterocycles. The van der Waals surface area contributed by atoms with Crippen LogP contribution >= 0.6 is 34.8 Å². The van der Waals surface area contributed by atoms with Crippen molar-refractivity contribution in [3.63, 3.8) is 0 Å². The molecule has 1 amide bonds. The Kier molecular flexibility index (Phi) is 8.31. The van der Waals surface area contributed by atoms with Gasteiger partial charge in [-0.1, -0.05) is 40.9 Å². The maximum atomic E-state index is 12.5. The number of nitrogens with zero attached hydrogens (tertiary/aromatic N) is 1. The third-order valence-corrected chi connectivity index (χ3v) is 8.53. The van der Waals surface area contributed by atoms with Gasteiger partial charge in [0, 0.05) is 46.3 Å². The lowest BCUT2D eigenvalue weighted by atomic mass is 9.88. The Morgan fingerprint density at radius 2 is 1.68 bits per heavy atom. The molecule has 0 unspecified atom stereocenters. The molecule has 2 aromatic carbocycles. The van der Waals surface area contributed by atoms with Gasteiger partial charge in [0.15, 0.2) is 0 Å². The van der Waals surface area contributed by atoms with E-state index in [1.54, 1.807) is 6.07 Å². The number of rotatable bonds is 9. The lowest BCUT2D eigenvalue weighted by molar-refractivity contribution is -0.122. The van der Waals surface area contributed by atoms with Crippen LogP contribution in [-0.2, 0) is 14.8 Å². The summed E-state index contributed by atoms with van der Waals surface area (Å²) in [6.07, 6.45) is 3.44. The van der Waals surface area contributed by atoms with E-state index >= 15 is 0 Å². The largest absolute Gasteiger partial charge is 0.364 e. The summed E-state index contributed by atoms with van der Waals surface area (Å²) in [6.45, 7) is 1.12. The van der Waals surface area contributed by atoms with Gasteiger partial charge in [-0.05, 0) is 73.6 Å². The monoisotopic (exact) mass is 543 g/mol. The highest BCUT2D eigenvalue weighted by Crippen LogP contribution is 2.40. The zero-order valence-electron chi connectivity index (χ0n) is 18.6. The van der Waals surface area contributed by atoms with E-state index in [0.29, 0.717) is 28.2 Å². The fourth-order valence-corrected chi connectivity index (χ4v) is 6.01. The van der Waals surface area contributed by atoms with Gasteiger partial charge in [0.2, 0.25) is 15.9 Å². The van der Waals surface area contributed by atoms with Crippen molar-refractivity contribution in [3.05, 3.63) is 63.1 Å². The number of sulfonamides is 1. The topological polar surface area (TPSA) is 78.5 Å². The normalized spacial score (nSPS) is 20.9. The summed E-state index contributed by atoms with van der Waals surface area (Å²) >= 11 is 18.7. The number of nitrogens with one attached hydrogen (secondary N) is 2. The molecule has 184 valence electrons. The Morgan fingerprint density at radius 1 is 0.971 bits per heavy atom. The van der Waals surface area contributed by atoms with Crippen LogP contribution in [0.3, 0.4) is 0 Å². The molecule has 2 N–H and O–H groups in total. The molecule has 0 spiro atoms. The molecule has 10 heteroatoms. The van der Waals surface area contributed by atoms with Gasteiger partial charge in [0.25, 0.3) is 0 Å². The number of amides is 1. The van der Waals surface area contributed by atoms with Gasteiger partial charge in [-0.2, -0.15) is 0 Å². The second-order valence-electron chi connectivity index (χ2n) is 8.99. The molecule has 34 heavy (non-hydrogen) atoms. The number of piperidine rings is 1. The van der Waals surface area contributed by atoms with E-state index in [1.165, 1.54) is 0 Å². The fraction of sp³-hybridized carbons (Fsp3) is 0.458. The minimum absolute atomic E-state index is 0.0384. The average Bonchev–Trinajstić information content (AvgIpc) is 3.64. The third kappa shape index (κ3) is 6.79. The van der Waals surface area contributed by atoms with Crippen molar-refractivity contribution in [2.24, 2.45) is 11.8 Å². The summed E-state index contributed by atoms with van der Waals surface area (Å²) < 4.78 is 27.7. The predicted octanol–water partition coefficient (Wildman–Crippen LogP) is 5.05. The van der Waals surface area contributed by atoms with Crippen molar-refractivity contribution < 1.29 is 13.2 Å². The molecule has 0 bridgehead atoms. The first-order chi connectivity index (χ1) is 16.2. The molecule has 4 rings (SSSR count). The molecule has 2 fully saturated rings. The molecule has 2 aliphatic rings. The zero-order chi connectivity index (χ0) is 24.3. The molecule has 2 atom stereocenters. The lowest BCUT2D eigenvalue weighted by Gasteiger charge is -2.42. The zero-order valence-corrected chi connectivity index (χ0v) is 21.7. The molecule has 1 aliphatic heterocycles. The van der Waals surface area contributed by atoms with E-state index in [0.717, 1.165) is 36.9 Å². The SMILES string of the molecule is O=C(NCCS(=O)(=O)NC[C@H]1CC[C@H](c2ccc(Cl)cc2Cl)N(c2ccc(Cl)cc2)C1)C1CC1. The summed E-state index contributed by atoms with van der Waals surface area (Å²) in [4.78, 5) is 14.0. The first-order valence-electron chi connectivity index (χ1n) is 11.4. The number of halogens is 3. The predicted molar refractivity (Wildman–Crippen MR) is 138 cm³/mol. The van der Waals surface area contributed by atoms with Crippen LogP contribution in [0.15, 0.2) is 42.5 Å². The molecule has 1 aliphatic carbocycles. The first-order valence-corrected chi connectivity index (χ1v) is 14.2. The Bertz CT molecular complexity index is 1120. The van der Waals surface area contributed by atoms with Crippen molar-refractivity contribution in [1.82, 2.24) is 10.0 Å². The molecule has 2 aromatic rings. The second-order valence-corrected chi connectivity index (χ2v) is 12.2.